The Bertz CT molecular complexity index is 1210. The lowest BCUT2D eigenvalue weighted by molar-refractivity contribution is -0.115. The van der Waals surface area contributed by atoms with Crippen LogP contribution in [0.25, 0.3) is 22.4 Å². The van der Waals surface area contributed by atoms with Crippen LogP contribution in [0.15, 0.2) is 96.1 Å². The minimum absolute atomic E-state index is 0.0153. The number of rotatable bonds is 3. The second kappa shape index (κ2) is 8.06. The van der Waals surface area contributed by atoms with Crippen molar-refractivity contribution in [3.8, 4) is 0 Å². The molecule has 1 heterocycles. The molecule has 3 aromatic carbocycles. The van der Waals surface area contributed by atoms with E-state index in [-0.39, 0.29) is 18.6 Å². The van der Waals surface area contributed by atoms with Crippen molar-refractivity contribution in [3.05, 3.63) is 112 Å². The fourth-order valence-corrected chi connectivity index (χ4v) is 5.07. The molecule has 0 saturated heterocycles. The maximum Gasteiger partial charge on any atom is 0.185 e. The minimum atomic E-state index is -1.22. The molecular formula is C27H21NO2S. The zero-order chi connectivity index (χ0) is 21.3. The van der Waals surface area contributed by atoms with Gasteiger partial charge >= 0.3 is 0 Å². The molecule has 1 saturated carbocycles. The van der Waals surface area contributed by atoms with E-state index in [0.29, 0.717) is 16.2 Å². The first kappa shape index (κ1) is 19.6. The summed E-state index contributed by atoms with van der Waals surface area (Å²) in [5, 5.41) is 12.4. The first-order chi connectivity index (χ1) is 15.1. The van der Waals surface area contributed by atoms with Crippen molar-refractivity contribution in [1.29, 1.82) is 0 Å². The van der Waals surface area contributed by atoms with Crippen LogP contribution in [0.3, 0.4) is 0 Å². The summed E-state index contributed by atoms with van der Waals surface area (Å²) in [6.07, 6.45) is 4.26. The van der Waals surface area contributed by atoms with Crippen LogP contribution in [0.2, 0.25) is 0 Å². The van der Waals surface area contributed by atoms with E-state index < -0.39 is 5.60 Å². The fraction of sp³-hybridized carbons (Fsp3) is 0.111. The predicted molar refractivity (Wildman–Crippen MR) is 127 cm³/mol. The van der Waals surface area contributed by atoms with Gasteiger partial charge in [0, 0.05) is 24.0 Å². The molecule has 1 N–H and O–H groups in total. The van der Waals surface area contributed by atoms with Gasteiger partial charge in [-0.25, -0.2) is 4.98 Å². The molecule has 4 aromatic rings. The molecular weight excluding hydrogens is 402 g/mol. The van der Waals surface area contributed by atoms with Crippen molar-refractivity contribution in [1.82, 2.24) is 4.98 Å². The summed E-state index contributed by atoms with van der Waals surface area (Å²) in [5.74, 6) is -0.0153. The lowest BCUT2D eigenvalue weighted by Gasteiger charge is -2.32. The van der Waals surface area contributed by atoms with Gasteiger partial charge in [-0.1, -0.05) is 72.8 Å². The molecule has 1 aliphatic carbocycles. The van der Waals surface area contributed by atoms with Gasteiger partial charge in [0.25, 0.3) is 0 Å². The van der Waals surface area contributed by atoms with E-state index >= 15 is 0 Å². The molecule has 1 aromatic heterocycles. The summed E-state index contributed by atoms with van der Waals surface area (Å²) in [6.45, 7) is 0. The van der Waals surface area contributed by atoms with Crippen molar-refractivity contribution < 1.29 is 9.90 Å². The van der Waals surface area contributed by atoms with E-state index in [4.69, 9.17) is 4.98 Å². The Morgan fingerprint density at radius 1 is 0.774 bits per heavy atom. The maximum absolute atomic E-state index is 13.4. The summed E-state index contributed by atoms with van der Waals surface area (Å²) in [7, 11) is 0. The number of aliphatic hydroxyl groups is 1. The smallest absolute Gasteiger partial charge is 0.185 e. The van der Waals surface area contributed by atoms with E-state index in [0.717, 1.165) is 21.3 Å². The van der Waals surface area contributed by atoms with E-state index in [1.54, 1.807) is 0 Å². The molecule has 0 radical (unpaired) electrons. The molecule has 0 bridgehead atoms. The monoisotopic (exact) mass is 423 g/mol. The maximum atomic E-state index is 13.4. The number of ketones is 1. The molecule has 0 spiro atoms. The number of carbonyl (C=O) groups is 1. The molecule has 1 aliphatic rings. The van der Waals surface area contributed by atoms with Crippen molar-refractivity contribution in [2.24, 2.45) is 0 Å². The number of thiazole rings is 1. The first-order valence-electron chi connectivity index (χ1n) is 10.3. The third-order valence-electron chi connectivity index (χ3n) is 5.52. The van der Waals surface area contributed by atoms with E-state index in [1.807, 2.05) is 97.1 Å². The Morgan fingerprint density at radius 3 is 1.84 bits per heavy atom. The van der Waals surface area contributed by atoms with Crippen molar-refractivity contribution in [3.63, 3.8) is 0 Å². The molecule has 0 aliphatic heterocycles. The first-order valence-corrected chi connectivity index (χ1v) is 11.1. The number of aromatic nitrogens is 1. The molecule has 1 fully saturated rings. The van der Waals surface area contributed by atoms with Crippen molar-refractivity contribution in [2.75, 3.05) is 0 Å². The van der Waals surface area contributed by atoms with Crippen LogP contribution in [0.4, 0.5) is 0 Å². The van der Waals surface area contributed by atoms with Gasteiger partial charge in [0.05, 0.1) is 10.2 Å². The lowest BCUT2D eigenvalue weighted by atomic mass is 9.77. The van der Waals surface area contributed by atoms with Gasteiger partial charge in [0.2, 0.25) is 0 Å². The molecule has 4 heteroatoms. The molecule has 0 unspecified atom stereocenters. The molecule has 5 rings (SSSR count). The summed E-state index contributed by atoms with van der Waals surface area (Å²) >= 11 is 1.49. The van der Waals surface area contributed by atoms with Gasteiger partial charge in [-0.2, -0.15) is 0 Å². The summed E-state index contributed by atoms with van der Waals surface area (Å²) in [5.41, 5.74) is 2.73. The third-order valence-corrected chi connectivity index (χ3v) is 6.75. The lowest BCUT2D eigenvalue weighted by Crippen LogP contribution is -2.34. The third kappa shape index (κ3) is 4.00. The van der Waals surface area contributed by atoms with Gasteiger partial charge in [0.15, 0.2) is 5.78 Å². The highest BCUT2D eigenvalue weighted by atomic mass is 32.1. The normalized spacial score (nSPS) is 21.8. The highest BCUT2D eigenvalue weighted by Crippen LogP contribution is 2.44. The van der Waals surface area contributed by atoms with Crippen LogP contribution in [0.1, 0.15) is 29.0 Å². The number of para-hydroxylation sites is 1. The van der Waals surface area contributed by atoms with E-state index in [2.05, 4.69) is 0 Å². The van der Waals surface area contributed by atoms with Crippen LogP contribution >= 0.6 is 11.3 Å². The van der Waals surface area contributed by atoms with Gasteiger partial charge in [-0.15, -0.1) is 11.3 Å². The SMILES string of the molecule is O=C1C(=Cc2ccccc2)CC(O)(c2nc3ccccc3s2)CC1=Cc1ccccc1. The summed E-state index contributed by atoms with van der Waals surface area (Å²) in [4.78, 5) is 18.1. The van der Waals surface area contributed by atoms with Crippen LogP contribution in [-0.4, -0.2) is 15.9 Å². The quantitative estimate of drug-likeness (QED) is 0.410. The number of nitrogens with zero attached hydrogens (tertiary/aromatic N) is 1. The topological polar surface area (TPSA) is 50.2 Å². The predicted octanol–water partition coefficient (Wildman–Crippen LogP) is 6.01. The molecule has 0 amide bonds. The summed E-state index contributed by atoms with van der Waals surface area (Å²) < 4.78 is 1.03. The largest absolute Gasteiger partial charge is 0.382 e. The zero-order valence-electron chi connectivity index (χ0n) is 16.9. The summed E-state index contributed by atoms with van der Waals surface area (Å²) in [6, 6.07) is 27.4. The second-order valence-corrected chi connectivity index (χ2v) is 8.89. The average Bonchev–Trinajstić information content (AvgIpc) is 3.24. The Hall–Kier alpha value is -3.34. The van der Waals surface area contributed by atoms with E-state index in [9.17, 15) is 9.90 Å². The highest BCUT2D eigenvalue weighted by Gasteiger charge is 2.42. The molecule has 152 valence electrons. The second-order valence-electron chi connectivity index (χ2n) is 7.86. The molecule has 31 heavy (non-hydrogen) atoms. The fourth-order valence-electron chi connectivity index (χ4n) is 4.02. The van der Waals surface area contributed by atoms with Gasteiger partial charge in [-0.05, 0) is 35.4 Å². The minimum Gasteiger partial charge on any atom is -0.382 e. The van der Waals surface area contributed by atoms with Crippen molar-refractivity contribution in [2.45, 2.75) is 18.4 Å². The number of hydrogen-bond acceptors (Lipinski definition) is 4. The average molecular weight is 424 g/mol. The number of carbonyl (C=O) groups excluding carboxylic acids is 1. The number of hydrogen-bond donors (Lipinski definition) is 1. The number of benzene rings is 3. The number of fused-ring (bicyclic) bond motifs is 1. The molecule has 3 nitrogen and oxygen atoms in total. The van der Waals surface area contributed by atoms with Gasteiger partial charge in [0.1, 0.15) is 10.6 Å². The Morgan fingerprint density at radius 2 is 1.29 bits per heavy atom. The van der Waals surface area contributed by atoms with Gasteiger partial charge < -0.3 is 5.11 Å². The van der Waals surface area contributed by atoms with E-state index in [1.165, 1.54) is 11.3 Å². The zero-order valence-corrected chi connectivity index (χ0v) is 17.7. The number of Topliss-reactive ketones (excluding diaryl/α,β-unsaturated/α-hetero) is 1. The van der Waals surface area contributed by atoms with Crippen LogP contribution in [-0.2, 0) is 10.4 Å². The van der Waals surface area contributed by atoms with Crippen LogP contribution < -0.4 is 0 Å². The standard InChI is InChI=1S/C27H21NO2S/c29-25-21(15-19-9-3-1-4-10-19)17-27(30,18-22(25)16-20-11-5-2-6-12-20)26-28-23-13-7-8-14-24(23)31-26/h1-16,30H,17-18H2. The van der Waals surface area contributed by atoms with Crippen LogP contribution in [0, 0.1) is 0 Å². The van der Waals surface area contributed by atoms with Crippen molar-refractivity contribution >= 4 is 39.5 Å². The Kier molecular flexibility index (Phi) is 5.10. The Balaban J connectivity index is 1.62. The molecule has 0 atom stereocenters. The highest BCUT2D eigenvalue weighted by molar-refractivity contribution is 7.18. The van der Waals surface area contributed by atoms with Crippen LogP contribution in [0.5, 0.6) is 0 Å². The van der Waals surface area contributed by atoms with Gasteiger partial charge in [-0.3, -0.25) is 4.79 Å². The Labute approximate surface area is 185 Å².